The van der Waals surface area contributed by atoms with Crippen LogP contribution in [0, 0.1) is 0 Å². The summed E-state index contributed by atoms with van der Waals surface area (Å²) in [6.45, 7) is 2.83. The van der Waals surface area contributed by atoms with Gasteiger partial charge in [-0.2, -0.15) is 0 Å². The minimum absolute atomic E-state index is 0.296. The Kier molecular flexibility index (Phi) is 3.23. The van der Waals surface area contributed by atoms with E-state index >= 15 is 0 Å². The van der Waals surface area contributed by atoms with Gasteiger partial charge in [-0.05, 0) is 25.5 Å². The predicted octanol–water partition coefficient (Wildman–Crippen LogP) is 1.32. The topological polar surface area (TPSA) is 49.5 Å². The molecule has 0 bridgehead atoms. The van der Waals surface area contributed by atoms with Crippen LogP contribution in [0.25, 0.3) is 0 Å². The molecular formula is C12H18N2O. The zero-order chi connectivity index (χ0) is 10.7. The fourth-order valence-electron chi connectivity index (χ4n) is 2.12. The number of piperidine rings is 1. The zero-order valence-corrected chi connectivity index (χ0v) is 8.89. The van der Waals surface area contributed by atoms with E-state index in [9.17, 15) is 5.11 Å². The van der Waals surface area contributed by atoms with E-state index < -0.39 is 0 Å². The molecule has 15 heavy (non-hydrogen) atoms. The van der Waals surface area contributed by atoms with Gasteiger partial charge < -0.3 is 10.8 Å². The average molecular weight is 206 g/mol. The highest BCUT2D eigenvalue weighted by atomic mass is 16.3. The summed E-state index contributed by atoms with van der Waals surface area (Å²) in [4.78, 5) is 2.31. The smallest absolute Gasteiger partial charge is 0.120 e. The van der Waals surface area contributed by atoms with Gasteiger partial charge in [0.15, 0.2) is 0 Å². The Morgan fingerprint density at radius 2 is 2.20 bits per heavy atom. The third kappa shape index (κ3) is 2.70. The number of aromatic hydroxyl groups is 1. The van der Waals surface area contributed by atoms with Crippen molar-refractivity contribution in [3.05, 3.63) is 29.8 Å². The number of para-hydroxylation sites is 1. The molecule has 3 nitrogen and oxygen atoms in total. The summed E-state index contributed by atoms with van der Waals surface area (Å²) in [6.07, 6.45) is 2.28. The number of likely N-dealkylation sites (tertiary alicyclic amines) is 1. The number of nitrogens with zero attached hydrogens (tertiary/aromatic N) is 1. The molecular weight excluding hydrogens is 188 g/mol. The molecule has 0 spiro atoms. The van der Waals surface area contributed by atoms with E-state index in [-0.39, 0.29) is 0 Å². The summed E-state index contributed by atoms with van der Waals surface area (Å²) in [7, 11) is 0. The van der Waals surface area contributed by atoms with Gasteiger partial charge in [0.25, 0.3) is 0 Å². The molecule has 1 aromatic rings. The van der Waals surface area contributed by atoms with Gasteiger partial charge in [-0.3, -0.25) is 4.90 Å². The van der Waals surface area contributed by atoms with Crippen molar-refractivity contribution in [1.29, 1.82) is 0 Å². The fraction of sp³-hybridized carbons (Fsp3) is 0.500. The Hall–Kier alpha value is -1.06. The van der Waals surface area contributed by atoms with Crippen LogP contribution in [-0.2, 0) is 6.54 Å². The number of hydrogen-bond donors (Lipinski definition) is 2. The molecule has 0 amide bonds. The first-order chi connectivity index (χ1) is 7.25. The van der Waals surface area contributed by atoms with Crippen molar-refractivity contribution in [3.8, 4) is 5.75 Å². The van der Waals surface area contributed by atoms with Crippen LogP contribution in [0.3, 0.4) is 0 Å². The van der Waals surface area contributed by atoms with Crippen molar-refractivity contribution in [1.82, 2.24) is 4.90 Å². The maximum absolute atomic E-state index is 9.65. The number of phenols is 1. The van der Waals surface area contributed by atoms with Gasteiger partial charge in [-0.1, -0.05) is 18.2 Å². The van der Waals surface area contributed by atoms with Crippen molar-refractivity contribution in [2.24, 2.45) is 5.73 Å². The van der Waals surface area contributed by atoms with Gasteiger partial charge in [0, 0.05) is 24.7 Å². The van der Waals surface area contributed by atoms with Crippen molar-refractivity contribution in [2.75, 3.05) is 13.1 Å². The highest BCUT2D eigenvalue weighted by Gasteiger charge is 2.17. The Labute approximate surface area is 90.5 Å². The molecule has 3 heteroatoms. The second-order valence-corrected chi connectivity index (χ2v) is 4.27. The minimum Gasteiger partial charge on any atom is -0.508 e. The lowest BCUT2D eigenvalue weighted by molar-refractivity contribution is 0.199. The zero-order valence-electron chi connectivity index (χ0n) is 8.89. The Morgan fingerprint density at radius 1 is 1.40 bits per heavy atom. The lowest BCUT2D eigenvalue weighted by atomic mass is 10.1. The van der Waals surface area contributed by atoms with Crippen LogP contribution in [0.15, 0.2) is 24.3 Å². The molecule has 0 saturated carbocycles. The van der Waals surface area contributed by atoms with Gasteiger partial charge >= 0.3 is 0 Å². The van der Waals surface area contributed by atoms with Gasteiger partial charge in [-0.25, -0.2) is 0 Å². The summed E-state index contributed by atoms with van der Waals surface area (Å²) >= 11 is 0. The van der Waals surface area contributed by atoms with E-state index in [1.165, 1.54) is 0 Å². The molecule has 1 aliphatic rings. The molecule has 1 atom stereocenters. The number of benzene rings is 1. The van der Waals surface area contributed by atoms with Crippen LogP contribution in [0.4, 0.5) is 0 Å². The maximum Gasteiger partial charge on any atom is 0.120 e. The van der Waals surface area contributed by atoms with E-state index in [4.69, 9.17) is 5.73 Å². The van der Waals surface area contributed by atoms with E-state index in [0.717, 1.165) is 38.0 Å². The highest BCUT2D eigenvalue weighted by Crippen LogP contribution is 2.19. The van der Waals surface area contributed by atoms with Gasteiger partial charge in [0.2, 0.25) is 0 Å². The van der Waals surface area contributed by atoms with Gasteiger partial charge in [-0.15, -0.1) is 0 Å². The van der Waals surface area contributed by atoms with E-state index in [1.54, 1.807) is 6.07 Å². The molecule has 3 N–H and O–H groups in total. The van der Waals surface area contributed by atoms with Crippen LogP contribution in [0.5, 0.6) is 5.75 Å². The molecule has 1 saturated heterocycles. The standard InChI is InChI=1S/C12H18N2O/c13-11-5-3-7-14(9-11)8-10-4-1-2-6-12(10)15/h1-2,4,6,11,15H,3,5,7-9,13H2. The second kappa shape index (κ2) is 4.64. The summed E-state index contributed by atoms with van der Waals surface area (Å²) in [5.41, 5.74) is 6.90. The number of nitrogens with two attached hydrogens (primary N) is 1. The van der Waals surface area contributed by atoms with Crippen molar-refractivity contribution in [3.63, 3.8) is 0 Å². The van der Waals surface area contributed by atoms with E-state index in [1.807, 2.05) is 18.2 Å². The normalized spacial score (nSPS) is 22.9. The molecule has 0 aromatic heterocycles. The predicted molar refractivity (Wildman–Crippen MR) is 60.6 cm³/mol. The minimum atomic E-state index is 0.296. The molecule has 1 unspecified atom stereocenters. The van der Waals surface area contributed by atoms with Crippen LogP contribution >= 0.6 is 0 Å². The largest absolute Gasteiger partial charge is 0.508 e. The Bertz CT molecular complexity index is 327. The summed E-state index contributed by atoms with van der Waals surface area (Å²) in [5.74, 6) is 0.386. The lowest BCUT2D eigenvalue weighted by Crippen LogP contribution is -2.42. The molecule has 0 aliphatic carbocycles. The van der Waals surface area contributed by atoms with Crippen LogP contribution in [-0.4, -0.2) is 29.1 Å². The van der Waals surface area contributed by atoms with E-state index in [2.05, 4.69) is 4.90 Å². The quantitative estimate of drug-likeness (QED) is 0.767. The number of phenolic OH excluding ortho intramolecular Hbond substituents is 1. The Balaban J connectivity index is 1.99. The molecule has 0 radical (unpaired) electrons. The SMILES string of the molecule is NC1CCCN(Cc2ccccc2O)C1. The maximum atomic E-state index is 9.65. The van der Waals surface area contributed by atoms with Crippen molar-refractivity contribution >= 4 is 0 Å². The molecule has 82 valence electrons. The lowest BCUT2D eigenvalue weighted by Gasteiger charge is -2.30. The third-order valence-electron chi connectivity index (χ3n) is 2.93. The highest BCUT2D eigenvalue weighted by molar-refractivity contribution is 5.31. The van der Waals surface area contributed by atoms with E-state index in [0.29, 0.717) is 11.8 Å². The monoisotopic (exact) mass is 206 g/mol. The average Bonchev–Trinajstić information content (AvgIpc) is 2.22. The molecule has 1 aliphatic heterocycles. The van der Waals surface area contributed by atoms with Crippen LogP contribution in [0.2, 0.25) is 0 Å². The molecule has 2 rings (SSSR count). The molecule has 1 fully saturated rings. The summed E-state index contributed by atoms with van der Waals surface area (Å²) in [5, 5.41) is 9.65. The first-order valence-corrected chi connectivity index (χ1v) is 5.50. The van der Waals surface area contributed by atoms with Gasteiger partial charge in [0.1, 0.15) is 5.75 Å². The Morgan fingerprint density at radius 3 is 2.93 bits per heavy atom. The van der Waals surface area contributed by atoms with Crippen LogP contribution in [0.1, 0.15) is 18.4 Å². The summed E-state index contributed by atoms with van der Waals surface area (Å²) in [6, 6.07) is 7.80. The fourth-order valence-corrected chi connectivity index (χ4v) is 2.12. The molecule has 1 aromatic carbocycles. The number of rotatable bonds is 2. The second-order valence-electron chi connectivity index (χ2n) is 4.27. The van der Waals surface area contributed by atoms with Gasteiger partial charge in [0.05, 0.1) is 0 Å². The third-order valence-corrected chi connectivity index (χ3v) is 2.93. The number of hydrogen-bond acceptors (Lipinski definition) is 3. The first-order valence-electron chi connectivity index (χ1n) is 5.50. The van der Waals surface area contributed by atoms with Crippen molar-refractivity contribution in [2.45, 2.75) is 25.4 Å². The molecule has 1 heterocycles. The van der Waals surface area contributed by atoms with Crippen molar-refractivity contribution < 1.29 is 5.11 Å². The first kappa shape index (κ1) is 10.5. The summed E-state index contributed by atoms with van der Waals surface area (Å²) < 4.78 is 0. The van der Waals surface area contributed by atoms with Crippen LogP contribution < -0.4 is 5.73 Å².